The van der Waals surface area contributed by atoms with Crippen molar-refractivity contribution in [2.75, 3.05) is 0 Å². The lowest BCUT2D eigenvalue weighted by Crippen LogP contribution is -2.49. The summed E-state index contributed by atoms with van der Waals surface area (Å²) in [5.41, 5.74) is 0.132. The molecule has 0 aliphatic heterocycles. The Bertz CT molecular complexity index is 762. The molecule has 31 heavy (non-hydrogen) atoms. The van der Waals surface area contributed by atoms with E-state index in [-0.39, 0.29) is 12.3 Å². The maximum Gasteiger partial charge on any atom is 0.303 e. The Hall–Kier alpha value is -1.96. The molecule has 0 aromatic heterocycles. The normalized spacial score (nSPS) is 35.4. The molecule has 0 aromatic carbocycles. The van der Waals surface area contributed by atoms with Gasteiger partial charge in [0.2, 0.25) is 0 Å². The van der Waals surface area contributed by atoms with Crippen LogP contribution in [0.4, 0.5) is 0 Å². The molecular weight excluding hydrogens is 400 g/mol. The summed E-state index contributed by atoms with van der Waals surface area (Å²) in [5.74, 6) is -3.09. The third-order valence-corrected chi connectivity index (χ3v) is 6.48. The third-order valence-electron chi connectivity index (χ3n) is 6.48. The molecule has 2 aliphatic carbocycles. The number of carbonyl (C=O) groups excluding carboxylic acids is 2. The van der Waals surface area contributed by atoms with Crippen LogP contribution in [0.15, 0.2) is 36.0 Å². The average molecular weight is 437 g/mol. The van der Waals surface area contributed by atoms with Crippen molar-refractivity contribution in [3.63, 3.8) is 0 Å². The molecule has 0 amide bonds. The molecule has 1 saturated carbocycles. The fraction of sp³-hybridized carbons (Fsp3) is 0.667. The second-order valence-electron chi connectivity index (χ2n) is 9.37. The second-order valence-corrected chi connectivity index (χ2v) is 9.37. The van der Waals surface area contributed by atoms with Crippen LogP contribution in [0.5, 0.6) is 0 Å². The van der Waals surface area contributed by atoms with E-state index in [0.717, 1.165) is 5.57 Å². The molecule has 1 fully saturated rings. The van der Waals surface area contributed by atoms with E-state index in [1.807, 2.05) is 13.8 Å². The number of hydrogen-bond acceptors (Lipinski definition) is 7. The van der Waals surface area contributed by atoms with Crippen molar-refractivity contribution in [2.24, 2.45) is 23.7 Å². The number of fused-ring (bicyclic) bond motifs is 1. The van der Waals surface area contributed by atoms with E-state index in [4.69, 9.17) is 9.47 Å². The van der Waals surface area contributed by atoms with Crippen LogP contribution in [0.25, 0.3) is 0 Å². The Morgan fingerprint density at radius 1 is 1.19 bits per heavy atom. The lowest BCUT2D eigenvalue weighted by Gasteiger charge is -2.40. The molecule has 0 saturated heterocycles. The summed E-state index contributed by atoms with van der Waals surface area (Å²) >= 11 is 0. The van der Waals surface area contributed by atoms with Gasteiger partial charge in [-0.2, -0.15) is 0 Å². The van der Waals surface area contributed by atoms with Gasteiger partial charge in [0.1, 0.15) is 6.10 Å². The van der Waals surface area contributed by atoms with E-state index in [1.165, 1.54) is 13.8 Å². The van der Waals surface area contributed by atoms with Crippen LogP contribution in [-0.4, -0.2) is 57.3 Å². The van der Waals surface area contributed by atoms with Gasteiger partial charge in [0.25, 0.3) is 0 Å². The summed E-state index contributed by atoms with van der Waals surface area (Å²) in [7, 11) is 0. The van der Waals surface area contributed by atoms with Gasteiger partial charge in [-0.3, -0.25) is 9.59 Å². The largest absolute Gasteiger partial charge is 0.458 e. The van der Waals surface area contributed by atoms with Crippen molar-refractivity contribution in [1.29, 1.82) is 0 Å². The van der Waals surface area contributed by atoms with Crippen molar-refractivity contribution in [1.82, 2.24) is 0 Å². The number of aliphatic hydroxyl groups is 3. The maximum absolute atomic E-state index is 11.9. The van der Waals surface area contributed by atoms with E-state index in [2.05, 4.69) is 6.58 Å². The highest BCUT2D eigenvalue weighted by Crippen LogP contribution is 2.48. The number of carbonyl (C=O) groups is 2. The quantitative estimate of drug-likeness (QED) is 0.432. The lowest BCUT2D eigenvalue weighted by molar-refractivity contribution is -0.170. The number of aliphatic hydroxyl groups excluding tert-OH is 2. The van der Waals surface area contributed by atoms with Gasteiger partial charge in [-0.1, -0.05) is 31.2 Å². The zero-order valence-corrected chi connectivity index (χ0v) is 19.2. The number of hydrogen-bond donors (Lipinski definition) is 3. The highest BCUT2D eigenvalue weighted by molar-refractivity contribution is 5.67. The van der Waals surface area contributed by atoms with Gasteiger partial charge in [0, 0.05) is 31.6 Å². The minimum Gasteiger partial charge on any atom is -0.458 e. The summed E-state index contributed by atoms with van der Waals surface area (Å²) in [6.45, 7) is 13.7. The van der Waals surface area contributed by atoms with E-state index >= 15 is 0 Å². The van der Waals surface area contributed by atoms with Crippen molar-refractivity contribution in [3.05, 3.63) is 36.0 Å². The number of esters is 2. The first-order valence-corrected chi connectivity index (χ1v) is 10.7. The van der Waals surface area contributed by atoms with E-state index in [9.17, 15) is 24.9 Å². The minimum atomic E-state index is -1.28. The summed E-state index contributed by atoms with van der Waals surface area (Å²) in [4.78, 5) is 23.6. The Kier molecular flexibility index (Phi) is 7.89. The van der Waals surface area contributed by atoms with Crippen LogP contribution in [0.2, 0.25) is 0 Å². The summed E-state index contributed by atoms with van der Waals surface area (Å²) in [5, 5.41) is 33.0. The molecule has 0 bridgehead atoms. The van der Waals surface area contributed by atoms with E-state index < -0.39 is 59.7 Å². The van der Waals surface area contributed by atoms with Gasteiger partial charge < -0.3 is 24.8 Å². The van der Waals surface area contributed by atoms with Gasteiger partial charge in [-0.15, -0.1) is 0 Å². The van der Waals surface area contributed by atoms with Gasteiger partial charge >= 0.3 is 11.9 Å². The Morgan fingerprint density at radius 3 is 2.29 bits per heavy atom. The molecule has 2 rings (SSSR count). The number of ether oxygens (including phenoxy) is 2. The van der Waals surface area contributed by atoms with E-state index in [1.54, 1.807) is 32.1 Å². The van der Waals surface area contributed by atoms with Crippen molar-refractivity contribution in [2.45, 2.75) is 78.0 Å². The highest BCUT2D eigenvalue weighted by Gasteiger charge is 2.53. The number of rotatable bonds is 6. The molecule has 174 valence electrons. The molecule has 0 radical (unpaired) electrons. The fourth-order valence-corrected chi connectivity index (χ4v) is 4.99. The highest BCUT2D eigenvalue weighted by atomic mass is 16.6. The molecule has 3 N–H and O–H groups in total. The molecule has 0 spiro atoms. The van der Waals surface area contributed by atoms with E-state index in [0.29, 0.717) is 5.57 Å². The summed E-state index contributed by atoms with van der Waals surface area (Å²) in [6, 6.07) is 0. The topological polar surface area (TPSA) is 113 Å². The molecule has 4 unspecified atom stereocenters. The molecule has 2 aliphatic rings. The lowest BCUT2D eigenvalue weighted by atomic mass is 9.72. The minimum absolute atomic E-state index is 0.178. The van der Waals surface area contributed by atoms with Crippen LogP contribution in [-0.2, 0) is 19.1 Å². The second kappa shape index (κ2) is 9.67. The SMILES string of the molecule is C=C1[C@H](O)C[C@@H](C(C)C(OC(C)=O)C(C=C(C)C)OC(C)=O)[C@@H](O)[C@H]2[C@H]1C=CC2(C)O. The van der Waals surface area contributed by atoms with Crippen molar-refractivity contribution >= 4 is 11.9 Å². The number of allylic oxidation sites excluding steroid dienone is 2. The van der Waals surface area contributed by atoms with Crippen LogP contribution in [0, 0.1) is 23.7 Å². The molecule has 9 atom stereocenters. The van der Waals surface area contributed by atoms with Gasteiger partial charge in [0.15, 0.2) is 6.10 Å². The fourth-order valence-electron chi connectivity index (χ4n) is 4.99. The molecule has 0 aromatic rings. The molecular formula is C24H36O7. The van der Waals surface area contributed by atoms with Gasteiger partial charge in [-0.05, 0) is 44.8 Å². The predicted octanol–water partition coefficient (Wildman–Crippen LogP) is 2.30. The first kappa shape index (κ1) is 25.3. The molecule has 0 heterocycles. The molecule has 7 heteroatoms. The zero-order valence-electron chi connectivity index (χ0n) is 19.2. The van der Waals surface area contributed by atoms with Crippen molar-refractivity contribution in [3.8, 4) is 0 Å². The van der Waals surface area contributed by atoms with Crippen LogP contribution < -0.4 is 0 Å². The third kappa shape index (κ3) is 5.64. The Labute approximate surface area is 184 Å². The monoisotopic (exact) mass is 436 g/mol. The first-order valence-electron chi connectivity index (χ1n) is 10.7. The van der Waals surface area contributed by atoms with Crippen LogP contribution >= 0.6 is 0 Å². The molecule has 7 nitrogen and oxygen atoms in total. The van der Waals surface area contributed by atoms with Crippen LogP contribution in [0.3, 0.4) is 0 Å². The zero-order chi connectivity index (χ0) is 23.7. The van der Waals surface area contributed by atoms with Crippen molar-refractivity contribution < 1.29 is 34.4 Å². The summed E-state index contributed by atoms with van der Waals surface area (Å²) < 4.78 is 11.1. The summed E-state index contributed by atoms with van der Waals surface area (Å²) in [6.07, 6.45) is 1.65. The first-order chi connectivity index (χ1) is 14.3. The van der Waals surface area contributed by atoms with Crippen LogP contribution in [0.1, 0.15) is 48.0 Å². The van der Waals surface area contributed by atoms with Gasteiger partial charge in [-0.25, -0.2) is 0 Å². The predicted molar refractivity (Wildman–Crippen MR) is 116 cm³/mol. The van der Waals surface area contributed by atoms with Gasteiger partial charge in [0.05, 0.1) is 17.8 Å². The smallest absolute Gasteiger partial charge is 0.303 e. The average Bonchev–Trinajstić information content (AvgIpc) is 2.90. The Morgan fingerprint density at radius 2 is 1.77 bits per heavy atom. The Balaban J connectivity index is 2.47. The standard InChI is InChI=1S/C24H36O7/c1-12(2)10-20(30-15(5)25)23(31-16(6)26)14(4)18-11-19(27)13(3)17-8-9-24(7,29)21(17)22(18)28/h8-10,14,17-23,27-29H,3,11H2,1-2,4-7H3/t14?,17-,18-,19+,20?,21+,22+,23?,24?/m0/s1. The maximum atomic E-state index is 11.9.